The number of carboxylic acids is 1. The highest BCUT2D eigenvalue weighted by Gasteiger charge is 2.13. The van der Waals surface area contributed by atoms with E-state index in [4.69, 9.17) is 5.11 Å². The van der Waals surface area contributed by atoms with Crippen LogP contribution < -0.4 is 10.6 Å². The van der Waals surface area contributed by atoms with Crippen molar-refractivity contribution < 1.29 is 14.7 Å². The number of likely N-dealkylation sites (tertiary alicyclic amines) is 1. The third kappa shape index (κ3) is 3.96. The highest BCUT2D eigenvalue weighted by Crippen LogP contribution is 2.14. The van der Waals surface area contributed by atoms with E-state index in [-0.39, 0.29) is 11.6 Å². The van der Waals surface area contributed by atoms with E-state index in [9.17, 15) is 9.59 Å². The van der Waals surface area contributed by atoms with Gasteiger partial charge in [0.15, 0.2) is 0 Å². The van der Waals surface area contributed by atoms with Gasteiger partial charge in [0.25, 0.3) is 0 Å². The zero-order chi connectivity index (χ0) is 14.4. The SMILES string of the molecule is O=C(NCCN1CCCC1)Nc1ccccc1C(=O)O. The van der Waals surface area contributed by atoms with Crippen LogP contribution in [0.4, 0.5) is 10.5 Å². The Bertz CT molecular complexity index is 484. The van der Waals surface area contributed by atoms with Crippen molar-refractivity contribution in [3.8, 4) is 0 Å². The van der Waals surface area contributed by atoms with Gasteiger partial charge in [-0.1, -0.05) is 12.1 Å². The number of para-hydroxylation sites is 1. The molecule has 2 amide bonds. The van der Waals surface area contributed by atoms with Crippen molar-refractivity contribution >= 4 is 17.7 Å². The van der Waals surface area contributed by atoms with Crippen molar-refractivity contribution in [2.75, 3.05) is 31.5 Å². The first-order valence-corrected chi connectivity index (χ1v) is 6.76. The summed E-state index contributed by atoms with van der Waals surface area (Å²) in [6, 6.07) is 5.97. The molecule has 6 heteroatoms. The number of carbonyl (C=O) groups excluding carboxylic acids is 1. The molecule has 1 saturated heterocycles. The number of urea groups is 1. The molecule has 1 fully saturated rings. The van der Waals surface area contributed by atoms with Crippen LogP contribution in [0, 0.1) is 0 Å². The van der Waals surface area contributed by atoms with E-state index in [0.29, 0.717) is 12.2 Å². The molecule has 1 aliphatic heterocycles. The molecule has 0 saturated carbocycles. The number of amides is 2. The lowest BCUT2D eigenvalue weighted by molar-refractivity contribution is 0.0698. The van der Waals surface area contributed by atoms with Gasteiger partial charge in [-0.3, -0.25) is 0 Å². The second-order valence-electron chi connectivity index (χ2n) is 4.78. The van der Waals surface area contributed by atoms with Gasteiger partial charge in [-0.15, -0.1) is 0 Å². The molecule has 0 aromatic heterocycles. The van der Waals surface area contributed by atoms with E-state index < -0.39 is 5.97 Å². The number of carboxylic acid groups (broad SMARTS) is 1. The zero-order valence-corrected chi connectivity index (χ0v) is 11.3. The number of rotatable bonds is 5. The Hall–Kier alpha value is -2.08. The Morgan fingerprint density at radius 2 is 1.90 bits per heavy atom. The maximum absolute atomic E-state index is 11.7. The van der Waals surface area contributed by atoms with Crippen LogP contribution in [0.25, 0.3) is 0 Å². The number of carbonyl (C=O) groups is 2. The van der Waals surface area contributed by atoms with Crippen LogP contribution in [0.2, 0.25) is 0 Å². The van der Waals surface area contributed by atoms with Crippen molar-refractivity contribution in [3.05, 3.63) is 29.8 Å². The molecule has 1 aromatic carbocycles. The lowest BCUT2D eigenvalue weighted by Gasteiger charge is -2.15. The molecule has 0 spiro atoms. The Balaban J connectivity index is 1.80. The number of benzene rings is 1. The van der Waals surface area contributed by atoms with E-state index >= 15 is 0 Å². The Morgan fingerprint density at radius 3 is 2.60 bits per heavy atom. The molecular formula is C14H19N3O3. The topological polar surface area (TPSA) is 81.7 Å². The third-order valence-corrected chi connectivity index (χ3v) is 3.32. The van der Waals surface area contributed by atoms with Crippen LogP contribution in [0.1, 0.15) is 23.2 Å². The molecule has 2 rings (SSSR count). The molecule has 1 heterocycles. The quantitative estimate of drug-likeness (QED) is 0.763. The number of hydrogen-bond acceptors (Lipinski definition) is 3. The molecular weight excluding hydrogens is 258 g/mol. The van der Waals surface area contributed by atoms with Gasteiger partial charge < -0.3 is 20.6 Å². The van der Waals surface area contributed by atoms with E-state index in [0.717, 1.165) is 19.6 Å². The van der Waals surface area contributed by atoms with Crippen LogP contribution in [-0.4, -0.2) is 48.2 Å². The standard InChI is InChI=1S/C14H19N3O3/c18-13(19)11-5-1-2-6-12(11)16-14(20)15-7-10-17-8-3-4-9-17/h1-2,5-6H,3-4,7-10H2,(H,18,19)(H2,15,16,20). The van der Waals surface area contributed by atoms with Crippen LogP contribution in [-0.2, 0) is 0 Å². The molecule has 108 valence electrons. The Morgan fingerprint density at radius 1 is 1.20 bits per heavy atom. The van der Waals surface area contributed by atoms with Gasteiger partial charge >= 0.3 is 12.0 Å². The number of aromatic carboxylic acids is 1. The maximum atomic E-state index is 11.7. The third-order valence-electron chi connectivity index (χ3n) is 3.32. The molecule has 6 nitrogen and oxygen atoms in total. The Kier molecular flexibility index (Phi) is 4.95. The fourth-order valence-electron chi connectivity index (χ4n) is 2.28. The molecule has 20 heavy (non-hydrogen) atoms. The second-order valence-corrected chi connectivity index (χ2v) is 4.78. The number of hydrogen-bond donors (Lipinski definition) is 3. The van der Waals surface area contributed by atoms with Gasteiger partial charge in [0.2, 0.25) is 0 Å². The number of anilines is 1. The molecule has 3 N–H and O–H groups in total. The summed E-state index contributed by atoms with van der Waals surface area (Å²) < 4.78 is 0. The first kappa shape index (κ1) is 14.3. The minimum atomic E-state index is -1.06. The van der Waals surface area contributed by atoms with E-state index in [1.807, 2.05) is 0 Å². The van der Waals surface area contributed by atoms with E-state index in [1.54, 1.807) is 18.2 Å². The summed E-state index contributed by atoms with van der Waals surface area (Å²) in [7, 11) is 0. The summed E-state index contributed by atoms with van der Waals surface area (Å²) in [4.78, 5) is 25.0. The minimum absolute atomic E-state index is 0.0854. The lowest BCUT2D eigenvalue weighted by atomic mass is 10.2. The predicted octanol–water partition coefficient (Wildman–Crippen LogP) is 1.60. The van der Waals surface area contributed by atoms with Crippen molar-refractivity contribution in [1.82, 2.24) is 10.2 Å². The first-order valence-electron chi connectivity index (χ1n) is 6.76. The summed E-state index contributed by atoms with van der Waals surface area (Å²) in [5.74, 6) is -1.06. The summed E-state index contributed by atoms with van der Waals surface area (Å²) >= 11 is 0. The summed E-state index contributed by atoms with van der Waals surface area (Å²) in [5, 5.41) is 14.3. The monoisotopic (exact) mass is 277 g/mol. The number of nitrogens with zero attached hydrogens (tertiary/aromatic N) is 1. The maximum Gasteiger partial charge on any atom is 0.337 e. The lowest BCUT2D eigenvalue weighted by Crippen LogP contribution is -2.36. The van der Waals surface area contributed by atoms with Crippen molar-refractivity contribution in [3.63, 3.8) is 0 Å². The average Bonchev–Trinajstić information content (AvgIpc) is 2.92. The van der Waals surface area contributed by atoms with Crippen LogP contribution >= 0.6 is 0 Å². The molecule has 1 aliphatic rings. The summed E-state index contributed by atoms with van der Waals surface area (Å²) in [5.41, 5.74) is 0.390. The highest BCUT2D eigenvalue weighted by molar-refractivity contribution is 5.99. The first-order chi connectivity index (χ1) is 9.66. The van der Waals surface area contributed by atoms with Gasteiger partial charge in [0.1, 0.15) is 0 Å². The normalized spacial score (nSPS) is 15.0. The molecule has 1 aromatic rings. The van der Waals surface area contributed by atoms with Gasteiger partial charge in [-0.25, -0.2) is 9.59 Å². The Labute approximate surface area is 117 Å². The molecule has 0 bridgehead atoms. The van der Waals surface area contributed by atoms with Crippen LogP contribution in [0.15, 0.2) is 24.3 Å². The van der Waals surface area contributed by atoms with Crippen molar-refractivity contribution in [1.29, 1.82) is 0 Å². The largest absolute Gasteiger partial charge is 0.478 e. The van der Waals surface area contributed by atoms with E-state index in [2.05, 4.69) is 15.5 Å². The second kappa shape index (κ2) is 6.91. The van der Waals surface area contributed by atoms with Crippen LogP contribution in [0.3, 0.4) is 0 Å². The number of nitrogens with one attached hydrogen (secondary N) is 2. The fourth-order valence-corrected chi connectivity index (χ4v) is 2.28. The molecule has 0 atom stereocenters. The van der Waals surface area contributed by atoms with Gasteiger partial charge in [-0.2, -0.15) is 0 Å². The molecule has 0 unspecified atom stereocenters. The zero-order valence-electron chi connectivity index (χ0n) is 11.3. The van der Waals surface area contributed by atoms with Crippen molar-refractivity contribution in [2.45, 2.75) is 12.8 Å². The van der Waals surface area contributed by atoms with Gasteiger partial charge in [-0.05, 0) is 38.1 Å². The van der Waals surface area contributed by atoms with Crippen LogP contribution in [0.5, 0.6) is 0 Å². The summed E-state index contributed by atoms with van der Waals surface area (Å²) in [6.45, 7) is 3.56. The smallest absolute Gasteiger partial charge is 0.337 e. The molecule has 0 radical (unpaired) electrons. The highest BCUT2D eigenvalue weighted by atomic mass is 16.4. The van der Waals surface area contributed by atoms with Gasteiger partial charge in [0.05, 0.1) is 11.3 Å². The average molecular weight is 277 g/mol. The molecule has 0 aliphatic carbocycles. The van der Waals surface area contributed by atoms with Gasteiger partial charge in [0, 0.05) is 13.1 Å². The predicted molar refractivity (Wildman–Crippen MR) is 76.1 cm³/mol. The van der Waals surface area contributed by atoms with E-state index in [1.165, 1.54) is 18.9 Å². The fraction of sp³-hybridized carbons (Fsp3) is 0.429. The van der Waals surface area contributed by atoms with Crippen molar-refractivity contribution in [2.24, 2.45) is 0 Å². The summed E-state index contributed by atoms with van der Waals surface area (Å²) in [6.07, 6.45) is 2.44. The minimum Gasteiger partial charge on any atom is -0.478 e.